The standard InChI is InChI=1S/C17H32N2O.ClH/c1-13(2)8-10-19(16-6-7-16)17(20)11-14(3)15-5-4-9-18-12-15;/h13-16,18H,4-12H2,1-3H3;1H. The first-order valence-corrected chi connectivity index (χ1v) is 8.58. The van der Waals surface area contributed by atoms with Crippen LogP contribution in [-0.2, 0) is 4.79 Å². The van der Waals surface area contributed by atoms with Crippen LogP contribution in [0.3, 0.4) is 0 Å². The van der Waals surface area contributed by atoms with E-state index < -0.39 is 0 Å². The molecule has 0 radical (unpaired) electrons. The van der Waals surface area contributed by atoms with E-state index in [2.05, 4.69) is 31.0 Å². The smallest absolute Gasteiger partial charge is 0.223 e. The highest BCUT2D eigenvalue weighted by molar-refractivity contribution is 5.85. The topological polar surface area (TPSA) is 32.3 Å². The maximum Gasteiger partial charge on any atom is 0.223 e. The van der Waals surface area contributed by atoms with Gasteiger partial charge < -0.3 is 10.2 Å². The molecule has 0 bridgehead atoms. The van der Waals surface area contributed by atoms with E-state index in [4.69, 9.17) is 0 Å². The first-order chi connectivity index (χ1) is 9.58. The molecule has 1 saturated heterocycles. The van der Waals surface area contributed by atoms with Crippen LogP contribution in [0.25, 0.3) is 0 Å². The highest BCUT2D eigenvalue weighted by Crippen LogP contribution is 2.30. The zero-order valence-corrected chi connectivity index (χ0v) is 14.8. The van der Waals surface area contributed by atoms with Crippen molar-refractivity contribution in [3.8, 4) is 0 Å². The van der Waals surface area contributed by atoms with Gasteiger partial charge in [0, 0.05) is 19.0 Å². The molecule has 3 nitrogen and oxygen atoms in total. The molecule has 1 aliphatic heterocycles. The molecule has 4 heteroatoms. The predicted molar refractivity (Wildman–Crippen MR) is 90.8 cm³/mol. The normalized spacial score (nSPS) is 23.5. The monoisotopic (exact) mass is 316 g/mol. The fourth-order valence-electron chi connectivity index (χ4n) is 3.22. The van der Waals surface area contributed by atoms with E-state index in [-0.39, 0.29) is 12.4 Å². The van der Waals surface area contributed by atoms with Gasteiger partial charge in [0.2, 0.25) is 5.91 Å². The summed E-state index contributed by atoms with van der Waals surface area (Å²) in [7, 11) is 0. The summed E-state index contributed by atoms with van der Waals surface area (Å²) in [4.78, 5) is 14.8. The molecule has 2 rings (SSSR count). The number of rotatable bonds is 7. The largest absolute Gasteiger partial charge is 0.340 e. The second-order valence-corrected chi connectivity index (χ2v) is 7.29. The number of piperidine rings is 1. The van der Waals surface area contributed by atoms with Crippen molar-refractivity contribution in [2.45, 2.75) is 65.3 Å². The quantitative estimate of drug-likeness (QED) is 0.780. The molecule has 1 aliphatic carbocycles. The number of carbonyl (C=O) groups is 1. The molecule has 1 saturated carbocycles. The third-order valence-corrected chi connectivity index (χ3v) is 4.89. The maximum absolute atomic E-state index is 12.6. The van der Waals surface area contributed by atoms with Crippen molar-refractivity contribution < 1.29 is 4.79 Å². The second kappa shape index (κ2) is 8.99. The number of nitrogens with one attached hydrogen (secondary N) is 1. The van der Waals surface area contributed by atoms with Gasteiger partial charge in [-0.25, -0.2) is 0 Å². The SMILES string of the molecule is CC(C)CCN(C(=O)CC(C)C1CCCNC1)C1CC1.Cl. The van der Waals surface area contributed by atoms with Gasteiger partial charge >= 0.3 is 0 Å². The molecule has 0 aromatic heterocycles. The van der Waals surface area contributed by atoms with Crippen molar-refractivity contribution in [2.24, 2.45) is 17.8 Å². The average Bonchev–Trinajstić information content (AvgIpc) is 3.24. The lowest BCUT2D eigenvalue weighted by Gasteiger charge is -2.30. The minimum Gasteiger partial charge on any atom is -0.340 e. The van der Waals surface area contributed by atoms with Crippen molar-refractivity contribution in [2.75, 3.05) is 19.6 Å². The molecule has 0 aromatic carbocycles. The van der Waals surface area contributed by atoms with Crippen LogP contribution in [0.2, 0.25) is 0 Å². The first-order valence-electron chi connectivity index (χ1n) is 8.58. The molecular formula is C17H33ClN2O. The van der Waals surface area contributed by atoms with Crippen LogP contribution in [0.4, 0.5) is 0 Å². The predicted octanol–water partition coefficient (Wildman–Crippen LogP) is 3.47. The van der Waals surface area contributed by atoms with Gasteiger partial charge in [-0.2, -0.15) is 0 Å². The molecule has 1 amide bonds. The zero-order valence-electron chi connectivity index (χ0n) is 13.9. The van der Waals surface area contributed by atoms with Gasteiger partial charge in [-0.3, -0.25) is 4.79 Å². The van der Waals surface area contributed by atoms with Gasteiger partial charge in [-0.1, -0.05) is 20.8 Å². The number of halogens is 1. The van der Waals surface area contributed by atoms with Crippen molar-refractivity contribution >= 4 is 18.3 Å². The minimum absolute atomic E-state index is 0. The van der Waals surface area contributed by atoms with Crippen LogP contribution in [0, 0.1) is 17.8 Å². The van der Waals surface area contributed by atoms with Gasteiger partial charge in [-0.05, 0) is 62.9 Å². The van der Waals surface area contributed by atoms with Gasteiger partial charge in [-0.15, -0.1) is 12.4 Å². The van der Waals surface area contributed by atoms with Crippen molar-refractivity contribution in [3.05, 3.63) is 0 Å². The summed E-state index contributed by atoms with van der Waals surface area (Å²) >= 11 is 0. The summed E-state index contributed by atoms with van der Waals surface area (Å²) in [6.07, 6.45) is 6.90. The number of amides is 1. The highest BCUT2D eigenvalue weighted by Gasteiger charge is 2.33. The van der Waals surface area contributed by atoms with Crippen LogP contribution in [0.5, 0.6) is 0 Å². The lowest BCUT2D eigenvalue weighted by molar-refractivity contribution is -0.133. The van der Waals surface area contributed by atoms with E-state index in [1.807, 2.05) is 0 Å². The van der Waals surface area contributed by atoms with E-state index in [1.165, 1.54) is 25.7 Å². The third kappa shape index (κ3) is 6.15. The summed E-state index contributed by atoms with van der Waals surface area (Å²) in [5.41, 5.74) is 0. The summed E-state index contributed by atoms with van der Waals surface area (Å²) < 4.78 is 0. The van der Waals surface area contributed by atoms with Gasteiger partial charge in [0.15, 0.2) is 0 Å². The fraction of sp³-hybridized carbons (Fsp3) is 0.941. The molecule has 2 unspecified atom stereocenters. The highest BCUT2D eigenvalue weighted by atomic mass is 35.5. The third-order valence-electron chi connectivity index (χ3n) is 4.89. The van der Waals surface area contributed by atoms with Crippen LogP contribution >= 0.6 is 12.4 Å². The van der Waals surface area contributed by atoms with Crippen LogP contribution in [-0.4, -0.2) is 36.5 Å². The number of hydrogen-bond acceptors (Lipinski definition) is 2. The Morgan fingerprint density at radius 2 is 1.95 bits per heavy atom. The van der Waals surface area contributed by atoms with E-state index in [9.17, 15) is 4.79 Å². The summed E-state index contributed by atoms with van der Waals surface area (Å²) in [5, 5.41) is 3.47. The van der Waals surface area contributed by atoms with Crippen molar-refractivity contribution in [3.63, 3.8) is 0 Å². The van der Waals surface area contributed by atoms with Crippen molar-refractivity contribution in [1.29, 1.82) is 0 Å². The molecule has 124 valence electrons. The van der Waals surface area contributed by atoms with E-state index in [1.54, 1.807) is 0 Å². The van der Waals surface area contributed by atoms with E-state index in [0.29, 0.717) is 29.7 Å². The summed E-state index contributed by atoms with van der Waals surface area (Å²) in [6.45, 7) is 9.97. The average molecular weight is 317 g/mol. The fourth-order valence-corrected chi connectivity index (χ4v) is 3.22. The molecule has 21 heavy (non-hydrogen) atoms. The molecule has 0 spiro atoms. The second-order valence-electron chi connectivity index (χ2n) is 7.29. The Balaban J connectivity index is 0.00000220. The van der Waals surface area contributed by atoms with Crippen LogP contribution in [0.15, 0.2) is 0 Å². The molecule has 1 N–H and O–H groups in total. The van der Waals surface area contributed by atoms with Gasteiger partial charge in [0.05, 0.1) is 0 Å². The Kier molecular flexibility index (Phi) is 8.04. The number of nitrogens with zero attached hydrogens (tertiary/aromatic N) is 1. The number of hydrogen-bond donors (Lipinski definition) is 1. The molecule has 0 aromatic rings. The van der Waals surface area contributed by atoms with Gasteiger partial charge in [0.1, 0.15) is 0 Å². The van der Waals surface area contributed by atoms with E-state index in [0.717, 1.165) is 32.5 Å². The first kappa shape index (κ1) is 18.8. The zero-order chi connectivity index (χ0) is 14.5. The Bertz CT molecular complexity index is 312. The Morgan fingerprint density at radius 3 is 2.48 bits per heavy atom. The lowest BCUT2D eigenvalue weighted by atomic mass is 9.85. The van der Waals surface area contributed by atoms with Gasteiger partial charge in [0.25, 0.3) is 0 Å². The summed E-state index contributed by atoms with van der Waals surface area (Å²) in [6, 6.07) is 0.568. The van der Waals surface area contributed by atoms with E-state index >= 15 is 0 Å². The molecule has 2 fully saturated rings. The molecular weight excluding hydrogens is 284 g/mol. The number of carbonyl (C=O) groups excluding carboxylic acids is 1. The van der Waals surface area contributed by atoms with Crippen molar-refractivity contribution in [1.82, 2.24) is 10.2 Å². The lowest BCUT2D eigenvalue weighted by Crippen LogP contribution is -2.38. The van der Waals surface area contributed by atoms with Crippen LogP contribution in [0.1, 0.15) is 59.3 Å². The summed E-state index contributed by atoms with van der Waals surface area (Å²) in [5.74, 6) is 2.31. The Labute approximate surface area is 136 Å². The Morgan fingerprint density at radius 1 is 1.24 bits per heavy atom. The maximum atomic E-state index is 12.6. The molecule has 2 atom stereocenters. The van der Waals surface area contributed by atoms with Crippen LogP contribution < -0.4 is 5.32 Å². The molecule has 2 aliphatic rings. The minimum atomic E-state index is 0. The molecule has 1 heterocycles. The Hall–Kier alpha value is -0.280.